The second-order valence-corrected chi connectivity index (χ2v) is 8.08. The number of hydrogen-bond donors (Lipinski definition) is 2. The van der Waals surface area contributed by atoms with Crippen molar-refractivity contribution in [1.29, 1.82) is 0 Å². The van der Waals surface area contributed by atoms with Crippen molar-refractivity contribution in [2.75, 3.05) is 46.3 Å². The summed E-state index contributed by atoms with van der Waals surface area (Å²) in [4.78, 5) is 21.2. The van der Waals surface area contributed by atoms with Crippen molar-refractivity contribution >= 4 is 35.8 Å². The Morgan fingerprint density at radius 2 is 1.87 bits per heavy atom. The number of nitrogens with zero attached hydrogens (tertiary/aromatic N) is 3. The topological polar surface area (TPSA) is 60.0 Å². The van der Waals surface area contributed by atoms with Gasteiger partial charge in [0.25, 0.3) is 0 Å². The van der Waals surface area contributed by atoms with Crippen LogP contribution in [-0.4, -0.2) is 68.0 Å². The molecule has 1 aliphatic heterocycles. The number of guanidine groups is 1. The first-order chi connectivity index (χ1) is 14.1. The first-order valence-electron chi connectivity index (χ1n) is 10.8. The largest absolute Gasteiger partial charge is 0.355 e. The van der Waals surface area contributed by atoms with E-state index in [2.05, 4.69) is 25.4 Å². The third-order valence-electron chi connectivity index (χ3n) is 6.01. The van der Waals surface area contributed by atoms with Gasteiger partial charge in [-0.3, -0.25) is 14.7 Å². The molecule has 6 nitrogen and oxygen atoms in total. The van der Waals surface area contributed by atoms with Gasteiger partial charge in [0.05, 0.1) is 0 Å². The van der Waals surface area contributed by atoms with Gasteiger partial charge in [0.15, 0.2) is 5.96 Å². The molecule has 3 rings (SSSR count). The number of halogens is 2. The Hall–Kier alpha value is -1.42. The first kappa shape index (κ1) is 24.8. The Balaban J connectivity index is 0.00000320. The van der Waals surface area contributed by atoms with Gasteiger partial charge in [-0.15, -0.1) is 24.0 Å². The molecular formula is C22H35FIN5O. The van der Waals surface area contributed by atoms with Crippen LogP contribution >= 0.6 is 24.0 Å². The smallest absolute Gasteiger partial charge is 0.225 e. The summed E-state index contributed by atoms with van der Waals surface area (Å²) in [6.07, 6.45) is 4.56. The predicted octanol–water partition coefficient (Wildman–Crippen LogP) is 2.75. The molecular weight excluding hydrogens is 496 g/mol. The summed E-state index contributed by atoms with van der Waals surface area (Å²) >= 11 is 0. The summed E-state index contributed by atoms with van der Waals surface area (Å²) in [5, 5.41) is 6.60. The van der Waals surface area contributed by atoms with E-state index in [1.54, 1.807) is 20.0 Å². The van der Waals surface area contributed by atoms with Crippen LogP contribution in [0.4, 0.5) is 4.39 Å². The fourth-order valence-corrected chi connectivity index (χ4v) is 4.18. The number of piperazine rings is 1. The SMILES string of the molecule is CN=C(NCCN1CCN(C(=O)C2CCCC2)CC1)NCc1ccc(F)c(C)c1.I. The number of rotatable bonds is 6. The molecule has 2 fully saturated rings. The summed E-state index contributed by atoms with van der Waals surface area (Å²) < 4.78 is 13.4. The summed E-state index contributed by atoms with van der Waals surface area (Å²) in [6.45, 7) is 7.62. The monoisotopic (exact) mass is 531 g/mol. The van der Waals surface area contributed by atoms with Crippen molar-refractivity contribution in [2.24, 2.45) is 10.9 Å². The van der Waals surface area contributed by atoms with Gasteiger partial charge >= 0.3 is 0 Å². The van der Waals surface area contributed by atoms with Crippen LogP contribution in [0.2, 0.25) is 0 Å². The van der Waals surface area contributed by atoms with Crippen molar-refractivity contribution < 1.29 is 9.18 Å². The zero-order valence-corrected chi connectivity index (χ0v) is 20.5. The first-order valence-corrected chi connectivity index (χ1v) is 10.8. The molecule has 0 spiro atoms. The molecule has 8 heteroatoms. The average molecular weight is 531 g/mol. The van der Waals surface area contributed by atoms with Gasteiger partial charge in [0.1, 0.15) is 5.82 Å². The molecule has 1 heterocycles. The lowest BCUT2D eigenvalue weighted by Gasteiger charge is -2.36. The van der Waals surface area contributed by atoms with Crippen LogP contribution in [-0.2, 0) is 11.3 Å². The van der Waals surface area contributed by atoms with Gasteiger partial charge in [-0.05, 0) is 37.0 Å². The maximum atomic E-state index is 13.4. The summed E-state index contributed by atoms with van der Waals surface area (Å²) in [6, 6.07) is 5.14. The molecule has 0 aromatic heterocycles. The van der Waals surface area contributed by atoms with Gasteiger partial charge in [-0.1, -0.05) is 25.0 Å². The van der Waals surface area contributed by atoms with Crippen molar-refractivity contribution in [2.45, 2.75) is 39.2 Å². The predicted molar refractivity (Wildman–Crippen MR) is 130 cm³/mol. The molecule has 2 N–H and O–H groups in total. The molecule has 2 aliphatic rings. The van der Waals surface area contributed by atoms with Crippen molar-refractivity contribution in [1.82, 2.24) is 20.4 Å². The van der Waals surface area contributed by atoms with Crippen LogP contribution in [0.25, 0.3) is 0 Å². The zero-order valence-electron chi connectivity index (χ0n) is 18.1. The number of carbonyl (C=O) groups excluding carboxylic acids is 1. The molecule has 1 saturated carbocycles. The Labute approximate surface area is 196 Å². The number of carbonyl (C=O) groups is 1. The summed E-state index contributed by atoms with van der Waals surface area (Å²) in [5.41, 5.74) is 1.67. The Morgan fingerprint density at radius 1 is 1.17 bits per heavy atom. The van der Waals surface area contributed by atoms with Crippen molar-refractivity contribution in [3.8, 4) is 0 Å². The summed E-state index contributed by atoms with van der Waals surface area (Å²) in [5.74, 6) is 1.21. The number of aryl methyl sites for hydroxylation is 1. The van der Waals surface area contributed by atoms with E-state index in [9.17, 15) is 9.18 Å². The van der Waals surface area contributed by atoms with Gasteiger partial charge in [-0.2, -0.15) is 0 Å². The van der Waals surface area contributed by atoms with Crippen molar-refractivity contribution in [3.05, 3.63) is 35.1 Å². The van der Waals surface area contributed by atoms with Gasteiger partial charge in [0.2, 0.25) is 5.91 Å². The number of nitrogens with one attached hydrogen (secondary N) is 2. The van der Waals surface area contributed by atoms with Crippen LogP contribution in [0.3, 0.4) is 0 Å². The number of amides is 1. The molecule has 168 valence electrons. The minimum atomic E-state index is -0.179. The molecule has 30 heavy (non-hydrogen) atoms. The Morgan fingerprint density at radius 3 is 2.50 bits per heavy atom. The van der Waals surface area contributed by atoms with E-state index in [4.69, 9.17) is 0 Å². The highest BCUT2D eigenvalue weighted by Gasteiger charge is 2.29. The second-order valence-electron chi connectivity index (χ2n) is 8.08. The number of benzene rings is 1. The third kappa shape index (κ3) is 7.08. The molecule has 1 saturated heterocycles. The highest BCUT2D eigenvalue weighted by molar-refractivity contribution is 14.0. The summed E-state index contributed by atoms with van der Waals surface area (Å²) in [7, 11) is 1.75. The minimum absolute atomic E-state index is 0. The normalized spacial score (nSPS) is 18.2. The lowest BCUT2D eigenvalue weighted by molar-refractivity contribution is -0.137. The van der Waals surface area contributed by atoms with E-state index in [0.29, 0.717) is 18.0 Å². The quantitative estimate of drug-likeness (QED) is 0.337. The number of hydrogen-bond acceptors (Lipinski definition) is 3. The molecule has 0 radical (unpaired) electrons. The molecule has 0 bridgehead atoms. The van der Waals surface area contributed by atoms with E-state index in [-0.39, 0.29) is 35.7 Å². The van der Waals surface area contributed by atoms with Gasteiger partial charge < -0.3 is 15.5 Å². The lowest BCUT2D eigenvalue weighted by Crippen LogP contribution is -2.51. The molecule has 1 aromatic rings. The highest BCUT2D eigenvalue weighted by atomic mass is 127. The van der Waals surface area contributed by atoms with E-state index in [1.165, 1.54) is 18.9 Å². The Bertz CT molecular complexity index is 715. The fraction of sp³-hybridized carbons (Fsp3) is 0.636. The zero-order chi connectivity index (χ0) is 20.6. The molecule has 1 aromatic carbocycles. The van der Waals surface area contributed by atoms with Crippen LogP contribution in [0, 0.1) is 18.7 Å². The maximum absolute atomic E-state index is 13.4. The molecule has 1 aliphatic carbocycles. The Kier molecular flexibility index (Phi) is 10.3. The van der Waals surface area contributed by atoms with Gasteiger partial charge in [0, 0.05) is 58.8 Å². The van der Waals surface area contributed by atoms with Gasteiger partial charge in [-0.25, -0.2) is 4.39 Å². The highest BCUT2D eigenvalue weighted by Crippen LogP contribution is 2.26. The molecule has 1 amide bonds. The molecule has 0 atom stereocenters. The molecule has 0 unspecified atom stereocenters. The van der Waals surface area contributed by atoms with Crippen LogP contribution in [0.1, 0.15) is 36.8 Å². The van der Waals surface area contributed by atoms with Crippen LogP contribution in [0.15, 0.2) is 23.2 Å². The fourth-order valence-electron chi connectivity index (χ4n) is 4.18. The standard InChI is InChI=1S/C22H34FN5O.HI/c1-17-15-18(7-8-20(17)23)16-26-22(24-2)25-9-10-27-11-13-28(14-12-27)21(29)19-5-3-4-6-19;/h7-8,15,19H,3-6,9-14,16H2,1-2H3,(H2,24,25,26);1H. The number of aliphatic imine (C=N–C) groups is 1. The van der Waals surface area contributed by atoms with E-state index in [1.807, 2.05) is 6.07 Å². The lowest BCUT2D eigenvalue weighted by atomic mass is 10.1. The van der Waals surface area contributed by atoms with E-state index >= 15 is 0 Å². The minimum Gasteiger partial charge on any atom is -0.355 e. The third-order valence-corrected chi connectivity index (χ3v) is 6.01. The van der Waals surface area contributed by atoms with Crippen molar-refractivity contribution in [3.63, 3.8) is 0 Å². The second kappa shape index (κ2) is 12.4. The van der Waals surface area contributed by atoms with E-state index < -0.39 is 0 Å². The van der Waals surface area contributed by atoms with E-state index in [0.717, 1.165) is 63.6 Å². The van der Waals surface area contributed by atoms with Crippen LogP contribution < -0.4 is 10.6 Å². The average Bonchev–Trinajstić information content (AvgIpc) is 3.28. The maximum Gasteiger partial charge on any atom is 0.225 e. The van der Waals surface area contributed by atoms with Crippen LogP contribution in [0.5, 0.6) is 0 Å².